The first-order valence-electron chi connectivity index (χ1n) is 8.53. The van der Waals surface area contributed by atoms with Crippen molar-refractivity contribution in [3.63, 3.8) is 0 Å². The van der Waals surface area contributed by atoms with Gasteiger partial charge in [0.15, 0.2) is 5.17 Å². The van der Waals surface area contributed by atoms with Crippen LogP contribution < -0.4 is 15.4 Å². The minimum Gasteiger partial charge on any atom is -0.494 e. The Kier molecular flexibility index (Phi) is 6.57. The summed E-state index contributed by atoms with van der Waals surface area (Å²) < 4.78 is 44.6. The zero-order valence-corrected chi connectivity index (χ0v) is 17.0. The molecular formula is C19H15ClF3N3O3S. The smallest absolute Gasteiger partial charge is 0.418 e. The van der Waals surface area contributed by atoms with Crippen LogP contribution >= 0.6 is 23.4 Å². The number of nitrogens with zero attached hydrogens (tertiary/aromatic N) is 1. The van der Waals surface area contributed by atoms with Gasteiger partial charge in [-0.25, -0.2) is 4.99 Å². The quantitative estimate of drug-likeness (QED) is 0.702. The standard InChI is InChI=1S/C19H15ClF3N3O3S/c1-29-14-7-6-10(20)8-13(14)25-18-26-16(27)9-15(30-18)17(28)24-12-5-3-2-4-11(12)19(21,22)23/h2-8,15H,9H2,1H3,(H,24,28)(H,25,26,27)/t15-/m1/s1. The molecule has 1 aliphatic heterocycles. The highest BCUT2D eigenvalue weighted by Crippen LogP contribution is 2.36. The molecule has 2 aromatic carbocycles. The lowest BCUT2D eigenvalue weighted by molar-refractivity contribution is -0.137. The number of benzene rings is 2. The maximum atomic E-state index is 13.1. The van der Waals surface area contributed by atoms with Crippen molar-refractivity contribution in [3.05, 3.63) is 53.1 Å². The summed E-state index contributed by atoms with van der Waals surface area (Å²) in [4.78, 5) is 28.9. The average molecular weight is 458 g/mol. The molecule has 0 saturated carbocycles. The topological polar surface area (TPSA) is 79.8 Å². The molecular weight excluding hydrogens is 443 g/mol. The third-order valence-corrected chi connectivity index (χ3v) is 5.33. The van der Waals surface area contributed by atoms with E-state index in [-0.39, 0.29) is 17.3 Å². The van der Waals surface area contributed by atoms with E-state index < -0.39 is 28.8 Å². The Bertz CT molecular complexity index is 1010. The minimum absolute atomic E-state index is 0.107. The van der Waals surface area contributed by atoms with E-state index >= 15 is 0 Å². The van der Waals surface area contributed by atoms with E-state index in [9.17, 15) is 22.8 Å². The summed E-state index contributed by atoms with van der Waals surface area (Å²) in [5.41, 5.74) is -1.02. The Hall–Kier alpha value is -2.72. The number of alkyl halides is 3. The number of para-hydroxylation sites is 1. The van der Waals surface area contributed by atoms with Gasteiger partial charge in [0.25, 0.3) is 0 Å². The van der Waals surface area contributed by atoms with Gasteiger partial charge in [0, 0.05) is 11.4 Å². The molecule has 30 heavy (non-hydrogen) atoms. The number of anilines is 1. The highest BCUT2D eigenvalue weighted by Gasteiger charge is 2.35. The number of hydrogen-bond acceptors (Lipinski definition) is 5. The molecule has 1 aliphatic rings. The zero-order chi connectivity index (χ0) is 21.9. The minimum atomic E-state index is -4.63. The Morgan fingerprint density at radius 3 is 2.73 bits per heavy atom. The normalized spacial score (nSPS) is 18.1. The Morgan fingerprint density at radius 1 is 1.30 bits per heavy atom. The molecule has 1 fully saturated rings. The van der Waals surface area contributed by atoms with Crippen LogP contribution in [0.2, 0.25) is 5.02 Å². The molecule has 1 heterocycles. The SMILES string of the molecule is COc1ccc(Cl)cc1N=C1NC(=O)C[C@H](C(=O)Nc2ccccc2C(F)(F)F)S1. The van der Waals surface area contributed by atoms with E-state index in [0.717, 1.165) is 23.9 Å². The van der Waals surface area contributed by atoms with Crippen LogP contribution in [-0.4, -0.2) is 29.3 Å². The number of ether oxygens (including phenoxy) is 1. The molecule has 0 spiro atoms. The summed E-state index contributed by atoms with van der Waals surface area (Å²) in [6.07, 6.45) is -4.84. The van der Waals surface area contributed by atoms with Crippen LogP contribution in [0.4, 0.5) is 24.5 Å². The fraction of sp³-hybridized carbons (Fsp3) is 0.211. The molecule has 3 rings (SSSR count). The fourth-order valence-electron chi connectivity index (χ4n) is 2.66. The molecule has 0 radical (unpaired) electrons. The molecule has 2 aromatic rings. The Labute approximate surface area is 178 Å². The van der Waals surface area contributed by atoms with Gasteiger partial charge in [0.2, 0.25) is 11.8 Å². The molecule has 0 unspecified atom stereocenters. The predicted octanol–water partition coefficient (Wildman–Crippen LogP) is 4.62. The number of rotatable bonds is 4. The van der Waals surface area contributed by atoms with Crippen molar-refractivity contribution in [2.45, 2.75) is 17.8 Å². The lowest BCUT2D eigenvalue weighted by atomic mass is 10.1. The molecule has 11 heteroatoms. The van der Waals surface area contributed by atoms with Gasteiger partial charge in [-0.05, 0) is 30.3 Å². The number of aliphatic imine (C=N–C) groups is 1. The van der Waals surface area contributed by atoms with E-state index in [1.807, 2.05) is 0 Å². The number of nitrogens with one attached hydrogen (secondary N) is 2. The van der Waals surface area contributed by atoms with Crippen LogP contribution in [0.25, 0.3) is 0 Å². The van der Waals surface area contributed by atoms with Crippen LogP contribution in [0.5, 0.6) is 5.75 Å². The lowest BCUT2D eigenvalue weighted by Gasteiger charge is -2.23. The van der Waals surface area contributed by atoms with Crippen molar-refractivity contribution in [1.29, 1.82) is 0 Å². The molecule has 0 aromatic heterocycles. The van der Waals surface area contributed by atoms with E-state index in [4.69, 9.17) is 16.3 Å². The third kappa shape index (κ3) is 5.25. The summed E-state index contributed by atoms with van der Waals surface area (Å²) in [5, 5.41) is 4.33. The van der Waals surface area contributed by atoms with Crippen LogP contribution in [0.3, 0.4) is 0 Å². The van der Waals surface area contributed by atoms with E-state index in [2.05, 4.69) is 15.6 Å². The molecule has 2 N–H and O–H groups in total. The number of methoxy groups -OCH3 is 1. The zero-order valence-electron chi connectivity index (χ0n) is 15.4. The lowest BCUT2D eigenvalue weighted by Crippen LogP contribution is -2.42. The second-order valence-electron chi connectivity index (χ2n) is 6.12. The number of hydrogen-bond donors (Lipinski definition) is 2. The van der Waals surface area contributed by atoms with Gasteiger partial charge in [-0.2, -0.15) is 13.2 Å². The molecule has 158 valence electrons. The van der Waals surface area contributed by atoms with Gasteiger partial charge in [0.05, 0.1) is 18.4 Å². The van der Waals surface area contributed by atoms with Crippen LogP contribution in [0.1, 0.15) is 12.0 Å². The first-order chi connectivity index (χ1) is 14.2. The van der Waals surface area contributed by atoms with Crippen LogP contribution in [0.15, 0.2) is 47.5 Å². The molecule has 1 atom stereocenters. The van der Waals surface area contributed by atoms with Crippen molar-refractivity contribution < 1.29 is 27.5 Å². The van der Waals surface area contributed by atoms with Crippen LogP contribution in [0, 0.1) is 0 Å². The first-order valence-corrected chi connectivity index (χ1v) is 9.79. The van der Waals surface area contributed by atoms with Gasteiger partial charge in [-0.1, -0.05) is 35.5 Å². The van der Waals surface area contributed by atoms with Crippen molar-refractivity contribution in [2.24, 2.45) is 4.99 Å². The monoisotopic (exact) mass is 457 g/mol. The van der Waals surface area contributed by atoms with E-state index in [1.165, 1.54) is 25.3 Å². The highest BCUT2D eigenvalue weighted by atomic mass is 35.5. The fourth-order valence-corrected chi connectivity index (χ4v) is 3.82. The largest absolute Gasteiger partial charge is 0.494 e. The van der Waals surface area contributed by atoms with Gasteiger partial charge in [-0.15, -0.1) is 0 Å². The van der Waals surface area contributed by atoms with E-state index in [0.29, 0.717) is 16.5 Å². The number of thioether (sulfide) groups is 1. The Balaban J connectivity index is 1.82. The number of amides is 2. The second-order valence-corrected chi connectivity index (χ2v) is 7.75. The molecule has 2 amide bonds. The number of halogens is 4. The Morgan fingerprint density at radius 2 is 2.03 bits per heavy atom. The van der Waals surface area contributed by atoms with Crippen LogP contribution in [-0.2, 0) is 15.8 Å². The van der Waals surface area contributed by atoms with Crippen molar-refractivity contribution >= 4 is 51.7 Å². The molecule has 6 nitrogen and oxygen atoms in total. The summed E-state index contributed by atoms with van der Waals surface area (Å²) in [7, 11) is 1.44. The van der Waals surface area contributed by atoms with Crippen molar-refractivity contribution in [1.82, 2.24) is 5.32 Å². The maximum Gasteiger partial charge on any atom is 0.418 e. The van der Waals surface area contributed by atoms with Gasteiger partial charge in [0.1, 0.15) is 16.7 Å². The van der Waals surface area contributed by atoms with E-state index in [1.54, 1.807) is 12.1 Å². The third-order valence-electron chi connectivity index (χ3n) is 4.02. The summed E-state index contributed by atoms with van der Waals surface area (Å²) in [6, 6.07) is 9.34. The van der Waals surface area contributed by atoms with Gasteiger partial charge >= 0.3 is 6.18 Å². The maximum absolute atomic E-state index is 13.1. The summed E-state index contributed by atoms with van der Waals surface area (Å²) >= 11 is 6.89. The molecule has 1 saturated heterocycles. The van der Waals surface area contributed by atoms with Crippen molar-refractivity contribution in [2.75, 3.05) is 12.4 Å². The molecule has 0 aliphatic carbocycles. The van der Waals surface area contributed by atoms with Gasteiger partial charge < -0.3 is 15.4 Å². The predicted molar refractivity (Wildman–Crippen MR) is 109 cm³/mol. The average Bonchev–Trinajstić information content (AvgIpc) is 2.67. The summed E-state index contributed by atoms with van der Waals surface area (Å²) in [5.74, 6) is -0.831. The number of carbonyl (C=O) groups excluding carboxylic acids is 2. The van der Waals surface area contributed by atoms with Gasteiger partial charge in [-0.3, -0.25) is 9.59 Å². The van der Waals surface area contributed by atoms with Crippen molar-refractivity contribution in [3.8, 4) is 5.75 Å². The molecule has 0 bridgehead atoms. The number of amidine groups is 1. The second kappa shape index (κ2) is 8.97. The summed E-state index contributed by atoms with van der Waals surface area (Å²) in [6.45, 7) is 0. The number of carbonyl (C=O) groups is 2. The highest BCUT2D eigenvalue weighted by molar-refractivity contribution is 8.15. The first kappa shape index (κ1) is 22.0.